The van der Waals surface area contributed by atoms with Crippen molar-refractivity contribution in [1.82, 2.24) is 0 Å². The first-order chi connectivity index (χ1) is 3.06. The lowest BCUT2D eigenvalue weighted by Gasteiger charge is -2.06. The molecule has 0 bridgehead atoms. The Balaban J connectivity index is 3.56. The predicted molar refractivity (Wildman–Crippen MR) is 38.2 cm³/mol. The van der Waals surface area contributed by atoms with Crippen molar-refractivity contribution >= 4 is 15.9 Å². The average Bonchev–Trinajstić information content (AvgIpc) is 1.30. The Morgan fingerprint density at radius 1 is 1.29 bits per heavy atom. The average molecular weight is 110 g/mol. The van der Waals surface area contributed by atoms with Crippen LogP contribution in [0.2, 0.25) is 19.6 Å². The van der Waals surface area contributed by atoms with E-state index in [0.29, 0.717) is 0 Å². The fourth-order valence-electron chi connectivity index (χ4n) is 0.289. The van der Waals surface area contributed by atoms with Crippen molar-refractivity contribution in [2.75, 3.05) is 0 Å². The van der Waals surface area contributed by atoms with Crippen LogP contribution in [-0.4, -0.2) is 15.9 Å². The third-order valence-electron chi connectivity index (χ3n) is 0.596. The lowest BCUT2D eigenvalue weighted by molar-refractivity contribution is 1.78. The molecule has 0 aromatic rings. The molecule has 0 atom stereocenters. The highest BCUT2D eigenvalue weighted by molar-refractivity contribution is 6.81. The van der Waals surface area contributed by atoms with Crippen LogP contribution < -0.4 is 0 Å². The molecule has 2 radical (unpaired) electrons. The monoisotopic (exact) mass is 110 g/mol. The largest absolute Gasteiger partial charge is 0.139 e. The van der Waals surface area contributed by atoms with E-state index in [9.17, 15) is 0 Å². The summed E-state index contributed by atoms with van der Waals surface area (Å²) in [5.74, 6) is 1.65. The molecule has 0 saturated heterocycles. The van der Waals surface area contributed by atoms with Gasteiger partial charge in [-0.1, -0.05) is 19.6 Å². The van der Waals surface area contributed by atoms with Gasteiger partial charge in [0.2, 0.25) is 0 Å². The van der Waals surface area contributed by atoms with E-state index in [1.165, 1.54) is 0 Å². The van der Waals surface area contributed by atoms with Gasteiger partial charge in [-0.2, -0.15) is 0 Å². The highest BCUT2D eigenvalue weighted by Crippen LogP contribution is 1.99. The molecule has 0 N–H and O–H groups in total. The van der Waals surface area contributed by atoms with Gasteiger partial charge in [0.05, 0.1) is 8.07 Å². The zero-order valence-electron chi connectivity index (χ0n) is 5.23. The highest BCUT2D eigenvalue weighted by Gasteiger charge is 2.04. The lowest BCUT2D eigenvalue weighted by Crippen LogP contribution is -2.15. The topological polar surface area (TPSA) is 0 Å². The summed E-state index contributed by atoms with van der Waals surface area (Å²) >= 11 is 0. The van der Waals surface area contributed by atoms with E-state index in [1.807, 2.05) is 0 Å². The van der Waals surface area contributed by atoms with Crippen molar-refractivity contribution in [3.8, 4) is 0 Å². The van der Waals surface area contributed by atoms with Crippen molar-refractivity contribution in [3.05, 3.63) is 11.7 Å². The Morgan fingerprint density at radius 2 is 1.71 bits per heavy atom. The van der Waals surface area contributed by atoms with Crippen LogP contribution in [0.4, 0.5) is 0 Å². The Hall–Kier alpha value is 0.0218. The minimum absolute atomic E-state index is 0.963. The molecular weight excluding hydrogens is 99.0 g/mol. The first kappa shape index (κ1) is 7.02. The molecule has 0 heterocycles. The molecule has 0 unspecified atom stereocenters. The molecule has 0 aliphatic heterocycles. The SMILES string of the molecule is [B]/C=C/[Si](C)(C)C. The van der Waals surface area contributed by atoms with E-state index in [4.69, 9.17) is 7.85 Å². The smallest absolute Gasteiger partial charge is 0.101 e. The first-order valence-electron chi connectivity index (χ1n) is 2.46. The molecular formula is C5H11BSi. The van der Waals surface area contributed by atoms with Crippen LogP contribution in [0, 0.1) is 0 Å². The summed E-state index contributed by atoms with van der Waals surface area (Å²) in [6.45, 7) is 6.74. The zero-order chi connectivity index (χ0) is 5.91. The molecule has 0 aliphatic carbocycles. The molecule has 0 aromatic carbocycles. The molecule has 0 saturated carbocycles. The summed E-state index contributed by atoms with van der Waals surface area (Å²) in [7, 11) is 4.21. The molecule has 0 fully saturated rings. The Kier molecular flexibility index (Phi) is 2.37. The maximum Gasteiger partial charge on any atom is 0.101 e. The van der Waals surface area contributed by atoms with E-state index in [0.717, 1.165) is 0 Å². The van der Waals surface area contributed by atoms with Gasteiger partial charge in [-0.15, -0.1) is 11.7 Å². The third-order valence-corrected chi connectivity index (χ3v) is 1.79. The predicted octanol–water partition coefficient (Wildman–Crippen LogP) is 1.55. The summed E-state index contributed by atoms with van der Waals surface area (Å²) in [6.07, 6.45) is 0. The van der Waals surface area contributed by atoms with Crippen LogP contribution in [0.5, 0.6) is 0 Å². The third kappa shape index (κ3) is 6.02. The van der Waals surface area contributed by atoms with Crippen LogP contribution in [-0.2, 0) is 0 Å². The molecule has 2 heteroatoms. The number of rotatable bonds is 1. The van der Waals surface area contributed by atoms with Crippen molar-refractivity contribution < 1.29 is 0 Å². The Labute approximate surface area is 48.0 Å². The van der Waals surface area contributed by atoms with Gasteiger partial charge in [0.1, 0.15) is 7.85 Å². The second-order valence-electron chi connectivity index (χ2n) is 2.73. The maximum atomic E-state index is 5.17. The maximum absolute atomic E-state index is 5.17. The quantitative estimate of drug-likeness (QED) is 0.449. The van der Waals surface area contributed by atoms with Crippen LogP contribution >= 0.6 is 0 Å². The van der Waals surface area contributed by atoms with Gasteiger partial charge in [-0.05, 0) is 0 Å². The fraction of sp³-hybridized carbons (Fsp3) is 0.600. The van der Waals surface area contributed by atoms with Gasteiger partial charge in [0, 0.05) is 0 Å². The molecule has 0 amide bonds. The normalized spacial score (nSPS) is 13.0. The van der Waals surface area contributed by atoms with Crippen LogP contribution in [0.3, 0.4) is 0 Å². The summed E-state index contributed by atoms with van der Waals surface area (Å²) in [5, 5.41) is 0. The van der Waals surface area contributed by atoms with E-state index in [1.54, 1.807) is 5.98 Å². The molecule has 7 heavy (non-hydrogen) atoms. The van der Waals surface area contributed by atoms with Crippen molar-refractivity contribution in [3.63, 3.8) is 0 Å². The molecule has 38 valence electrons. The van der Waals surface area contributed by atoms with Gasteiger partial charge in [0.15, 0.2) is 0 Å². The van der Waals surface area contributed by atoms with E-state index in [2.05, 4.69) is 25.3 Å². The van der Waals surface area contributed by atoms with Crippen LogP contribution in [0.1, 0.15) is 0 Å². The fourth-order valence-corrected chi connectivity index (χ4v) is 0.866. The summed E-state index contributed by atoms with van der Waals surface area (Å²) < 4.78 is 0. The van der Waals surface area contributed by atoms with Crippen LogP contribution in [0.15, 0.2) is 11.7 Å². The Morgan fingerprint density at radius 3 is 1.71 bits per heavy atom. The van der Waals surface area contributed by atoms with Crippen LogP contribution in [0.25, 0.3) is 0 Å². The molecule has 0 aliphatic rings. The Bertz CT molecular complexity index is 70.6. The van der Waals surface area contributed by atoms with Crippen molar-refractivity contribution in [1.29, 1.82) is 0 Å². The second-order valence-corrected chi connectivity index (χ2v) is 7.79. The molecule has 0 nitrogen and oxygen atoms in total. The van der Waals surface area contributed by atoms with E-state index in [-0.39, 0.29) is 0 Å². The van der Waals surface area contributed by atoms with Crippen molar-refractivity contribution in [2.24, 2.45) is 0 Å². The van der Waals surface area contributed by atoms with Crippen molar-refractivity contribution in [2.45, 2.75) is 19.6 Å². The minimum Gasteiger partial charge on any atom is -0.139 e. The summed E-state index contributed by atoms with van der Waals surface area (Å²) in [6, 6.07) is 0. The van der Waals surface area contributed by atoms with Gasteiger partial charge in [0.25, 0.3) is 0 Å². The van der Waals surface area contributed by atoms with Gasteiger partial charge in [-0.25, -0.2) is 0 Å². The number of hydrogen-bond donors (Lipinski definition) is 0. The summed E-state index contributed by atoms with van der Waals surface area (Å²) in [5.41, 5.74) is 2.10. The molecule has 0 rings (SSSR count). The summed E-state index contributed by atoms with van der Waals surface area (Å²) in [4.78, 5) is 0. The lowest BCUT2D eigenvalue weighted by atomic mass is 10.2. The van der Waals surface area contributed by atoms with Gasteiger partial charge >= 0.3 is 0 Å². The van der Waals surface area contributed by atoms with Gasteiger partial charge in [-0.3, -0.25) is 0 Å². The van der Waals surface area contributed by atoms with E-state index >= 15 is 0 Å². The van der Waals surface area contributed by atoms with E-state index < -0.39 is 8.07 Å². The second kappa shape index (κ2) is 2.36. The minimum atomic E-state index is -0.963. The highest BCUT2D eigenvalue weighted by atomic mass is 28.3. The standard InChI is InChI=1S/C5H11BSi/c1-7(2,3)5-4-6/h4-5H,1-3H3/b5-4+. The first-order valence-corrected chi connectivity index (χ1v) is 6.03. The van der Waals surface area contributed by atoms with Gasteiger partial charge < -0.3 is 0 Å². The molecule has 0 spiro atoms. The number of hydrogen-bond acceptors (Lipinski definition) is 0. The zero-order valence-corrected chi connectivity index (χ0v) is 6.23. The molecule has 0 aromatic heterocycles.